The van der Waals surface area contributed by atoms with Gasteiger partial charge in [0.1, 0.15) is 6.61 Å². The van der Waals surface area contributed by atoms with Crippen LogP contribution in [-0.4, -0.2) is 23.6 Å². The largest absolute Gasteiger partial charge is 0.445 e. The molecular weight excluding hydrogens is 454 g/mol. The van der Waals surface area contributed by atoms with Gasteiger partial charge in [-0.05, 0) is 42.4 Å². The first-order chi connectivity index (χ1) is 18.2. The van der Waals surface area contributed by atoms with Gasteiger partial charge in [0.2, 0.25) is 0 Å². The van der Waals surface area contributed by atoms with Gasteiger partial charge in [0.05, 0.1) is 6.04 Å². The lowest BCUT2D eigenvalue weighted by molar-refractivity contribution is 0.0962. The highest BCUT2D eigenvalue weighted by atomic mass is 16.6. The van der Waals surface area contributed by atoms with Gasteiger partial charge in [-0.1, -0.05) is 136 Å². The molecule has 0 spiro atoms. The van der Waals surface area contributed by atoms with Gasteiger partial charge < -0.3 is 9.64 Å². The number of unbranched alkanes of at least 4 members (excludes halogenated alkanes) is 3. The number of likely N-dealkylation sites (tertiary alicyclic amines) is 1. The van der Waals surface area contributed by atoms with Gasteiger partial charge in [-0.15, -0.1) is 0 Å². The van der Waals surface area contributed by atoms with E-state index in [4.69, 9.17) is 4.74 Å². The molecule has 0 aliphatic carbocycles. The highest BCUT2D eigenvalue weighted by molar-refractivity contribution is 5.70. The van der Waals surface area contributed by atoms with E-state index in [9.17, 15) is 4.79 Å². The number of allylic oxidation sites excluding steroid dienone is 1. The van der Waals surface area contributed by atoms with Crippen LogP contribution in [0.5, 0.6) is 0 Å². The van der Waals surface area contributed by atoms with E-state index in [1.807, 2.05) is 35.2 Å². The smallest absolute Gasteiger partial charge is 0.410 e. The Labute approximate surface area is 223 Å². The van der Waals surface area contributed by atoms with Gasteiger partial charge in [-0.3, -0.25) is 0 Å². The van der Waals surface area contributed by atoms with Crippen LogP contribution in [0, 0.1) is 0 Å². The van der Waals surface area contributed by atoms with Crippen LogP contribution in [-0.2, 0) is 16.8 Å². The summed E-state index contributed by atoms with van der Waals surface area (Å²) in [6, 6.07) is 31.3. The normalized spacial score (nSPS) is 17.1. The van der Waals surface area contributed by atoms with Gasteiger partial charge in [0, 0.05) is 12.0 Å². The maximum Gasteiger partial charge on any atom is 0.410 e. The van der Waals surface area contributed by atoms with Crippen molar-refractivity contribution in [2.24, 2.45) is 0 Å². The van der Waals surface area contributed by atoms with Crippen molar-refractivity contribution >= 4 is 6.09 Å². The van der Waals surface area contributed by atoms with E-state index in [0.29, 0.717) is 6.54 Å². The molecule has 0 unspecified atom stereocenters. The molecule has 0 aromatic heterocycles. The molecule has 3 heteroatoms. The van der Waals surface area contributed by atoms with Crippen molar-refractivity contribution in [3.8, 4) is 0 Å². The van der Waals surface area contributed by atoms with Gasteiger partial charge in [0.25, 0.3) is 0 Å². The van der Waals surface area contributed by atoms with E-state index in [-0.39, 0.29) is 24.2 Å². The molecular formula is C34H41NO2. The second kappa shape index (κ2) is 13.3. The number of carbonyl (C=O) groups is 1. The molecule has 0 radical (unpaired) electrons. The predicted octanol–water partition coefficient (Wildman–Crippen LogP) is 8.69. The third kappa shape index (κ3) is 6.71. The Kier molecular flexibility index (Phi) is 9.59. The maximum absolute atomic E-state index is 13.6. The first-order valence-corrected chi connectivity index (χ1v) is 13.9. The summed E-state index contributed by atoms with van der Waals surface area (Å²) in [4.78, 5) is 15.6. The third-order valence-electron chi connectivity index (χ3n) is 7.72. The number of benzene rings is 3. The first-order valence-electron chi connectivity index (χ1n) is 13.9. The summed E-state index contributed by atoms with van der Waals surface area (Å²) in [7, 11) is 0. The van der Waals surface area contributed by atoms with Crippen molar-refractivity contribution in [2.75, 3.05) is 6.54 Å². The van der Waals surface area contributed by atoms with Crippen LogP contribution < -0.4 is 0 Å². The number of rotatable bonds is 11. The number of ether oxygens (including phenoxy) is 1. The molecule has 1 fully saturated rings. The van der Waals surface area contributed by atoms with Crippen LogP contribution in [0.1, 0.15) is 75.5 Å². The Morgan fingerprint density at radius 2 is 1.46 bits per heavy atom. The summed E-state index contributed by atoms with van der Waals surface area (Å²) >= 11 is 0. The van der Waals surface area contributed by atoms with Crippen LogP contribution in [0.15, 0.2) is 103 Å². The minimum Gasteiger partial charge on any atom is -0.445 e. The number of nitrogens with zero attached hydrogens (tertiary/aromatic N) is 1. The number of hydrogen-bond donors (Lipinski definition) is 0. The molecule has 1 amide bonds. The fourth-order valence-corrected chi connectivity index (χ4v) is 5.62. The molecule has 0 bridgehead atoms. The van der Waals surface area contributed by atoms with E-state index in [1.165, 1.54) is 42.4 Å². The standard InChI is InChI=1S/C34H41NO2/c1-3-5-6-10-17-28(4-2)24-32-25-34(30-20-13-8-14-21-30,31-22-15-9-16-23-31)27-35(32)33(36)37-26-29-18-11-7-12-19-29/h7-9,11-16,18-24,32H,3-6,10,17,25-27H2,1-2H3/b28-24+/t32-/m0/s1. The molecule has 3 aromatic carbocycles. The molecule has 3 aromatic rings. The Balaban J connectivity index is 1.66. The summed E-state index contributed by atoms with van der Waals surface area (Å²) in [5, 5.41) is 0. The predicted molar refractivity (Wildman–Crippen MR) is 153 cm³/mol. The molecule has 1 aliphatic rings. The SMILES string of the molecule is CCCCCC/C(=C/[C@H]1CC(c2ccccc2)(c2ccccc2)CN1C(=O)OCc1ccccc1)CC. The average molecular weight is 496 g/mol. The second-order valence-electron chi connectivity index (χ2n) is 10.2. The number of amides is 1. The monoisotopic (exact) mass is 495 g/mol. The van der Waals surface area contributed by atoms with Crippen LogP contribution in [0.2, 0.25) is 0 Å². The third-order valence-corrected chi connectivity index (χ3v) is 7.72. The molecule has 1 heterocycles. The van der Waals surface area contributed by atoms with Crippen molar-refractivity contribution in [1.82, 2.24) is 4.90 Å². The van der Waals surface area contributed by atoms with Gasteiger partial charge >= 0.3 is 6.09 Å². The fourth-order valence-electron chi connectivity index (χ4n) is 5.62. The molecule has 1 saturated heterocycles. The second-order valence-corrected chi connectivity index (χ2v) is 10.2. The first kappa shape index (κ1) is 26.7. The fraction of sp³-hybridized carbons (Fsp3) is 0.382. The molecule has 4 rings (SSSR count). The van der Waals surface area contributed by atoms with Crippen molar-refractivity contribution in [2.45, 2.75) is 76.9 Å². The lowest BCUT2D eigenvalue weighted by atomic mass is 9.73. The highest BCUT2D eigenvalue weighted by Gasteiger charge is 2.48. The van der Waals surface area contributed by atoms with Gasteiger partial charge in [-0.2, -0.15) is 0 Å². The lowest BCUT2D eigenvalue weighted by Crippen LogP contribution is -2.37. The summed E-state index contributed by atoms with van der Waals surface area (Å²) in [6.07, 6.45) is 10.1. The average Bonchev–Trinajstić information content (AvgIpc) is 3.35. The van der Waals surface area contributed by atoms with E-state index >= 15 is 0 Å². The Morgan fingerprint density at radius 3 is 2.03 bits per heavy atom. The van der Waals surface area contributed by atoms with Crippen LogP contribution in [0.3, 0.4) is 0 Å². The molecule has 37 heavy (non-hydrogen) atoms. The van der Waals surface area contributed by atoms with Crippen molar-refractivity contribution in [3.05, 3.63) is 119 Å². The molecule has 0 saturated carbocycles. The minimum absolute atomic E-state index is 0.00943. The van der Waals surface area contributed by atoms with E-state index < -0.39 is 0 Å². The lowest BCUT2D eigenvalue weighted by Gasteiger charge is -2.30. The van der Waals surface area contributed by atoms with Crippen LogP contribution in [0.25, 0.3) is 0 Å². The molecule has 0 N–H and O–H groups in total. The maximum atomic E-state index is 13.6. The zero-order chi connectivity index (χ0) is 25.9. The topological polar surface area (TPSA) is 29.5 Å². The van der Waals surface area contributed by atoms with E-state index in [0.717, 1.165) is 24.8 Å². The molecule has 1 atom stereocenters. The highest BCUT2D eigenvalue weighted by Crippen LogP contribution is 2.44. The van der Waals surface area contributed by atoms with Gasteiger partial charge in [0.15, 0.2) is 0 Å². The van der Waals surface area contributed by atoms with Crippen LogP contribution in [0.4, 0.5) is 4.79 Å². The molecule has 3 nitrogen and oxygen atoms in total. The number of hydrogen-bond acceptors (Lipinski definition) is 2. The zero-order valence-corrected chi connectivity index (χ0v) is 22.4. The number of carbonyl (C=O) groups excluding carboxylic acids is 1. The minimum atomic E-state index is -0.281. The zero-order valence-electron chi connectivity index (χ0n) is 22.4. The summed E-state index contributed by atoms with van der Waals surface area (Å²) in [6.45, 7) is 5.37. The quantitative estimate of drug-likeness (QED) is 0.197. The Bertz CT molecular complexity index is 1080. The van der Waals surface area contributed by atoms with Crippen molar-refractivity contribution in [3.63, 3.8) is 0 Å². The van der Waals surface area contributed by atoms with E-state index in [1.54, 1.807) is 0 Å². The summed E-state index contributed by atoms with van der Waals surface area (Å²) in [5.74, 6) is 0. The van der Waals surface area contributed by atoms with Crippen molar-refractivity contribution < 1.29 is 9.53 Å². The summed E-state index contributed by atoms with van der Waals surface area (Å²) < 4.78 is 5.89. The van der Waals surface area contributed by atoms with Crippen LogP contribution >= 0.6 is 0 Å². The summed E-state index contributed by atoms with van der Waals surface area (Å²) in [5.41, 5.74) is 4.66. The molecule has 194 valence electrons. The molecule has 1 aliphatic heterocycles. The Morgan fingerprint density at radius 1 is 0.865 bits per heavy atom. The van der Waals surface area contributed by atoms with Gasteiger partial charge in [-0.25, -0.2) is 4.79 Å². The Hall–Kier alpha value is -3.33. The van der Waals surface area contributed by atoms with E-state index in [2.05, 4.69) is 80.6 Å². The van der Waals surface area contributed by atoms with Crippen molar-refractivity contribution in [1.29, 1.82) is 0 Å².